The first-order valence-corrected chi connectivity index (χ1v) is 9.13. The van der Waals surface area contributed by atoms with Crippen molar-refractivity contribution in [3.63, 3.8) is 0 Å². The molecule has 0 aromatic heterocycles. The van der Waals surface area contributed by atoms with Gasteiger partial charge in [-0.05, 0) is 49.8 Å². The third kappa shape index (κ3) is 4.28. The molecule has 1 saturated carbocycles. The van der Waals surface area contributed by atoms with Crippen LogP contribution in [0.3, 0.4) is 0 Å². The standard InChI is InChI=1S/C16H25NO3S/c1-12-8-9-13(2)16(10-12)21(19,20)17-11-15(18)14-6-4-3-5-7-14/h8-10,14-15,17-18H,3-7,11H2,1-2H3/t15-/m0/s1. The minimum absolute atomic E-state index is 0.0976. The van der Waals surface area contributed by atoms with Crippen molar-refractivity contribution >= 4 is 10.0 Å². The van der Waals surface area contributed by atoms with Crippen LogP contribution < -0.4 is 4.72 Å². The lowest BCUT2D eigenvalue weighted by Gasteiger charge is -2.26. The topological polar surface area (TPSA) is 66.4 Å². The van der Waals surface area contributed by atoms with Gasteiger partial charge >= 0.3 is 0 Å². The third-order valence-corrected chi connectivity index (χ3v) is 5.88. The second kappa shape index (κ2) is 6.90. The Morgan fingerprint density at radius 1 is 1.24 bits per heavy atom. The van der Waals surface area contributed by atoms with Crippen LogP contribution in [-0.4, -0.2) is 26.2 Å². The van der Waals surface area contributed by atoms with E-state index in [9.17, 15) is 13.5 Å². The molecule has 118 valence electrons. The van der Waals surface area contributed by atoms with Crippen molar-refractivity contribution in [3.05, 3.63) is 29.3 Å². The number of rotatable bonds is 5. The van der Waals surface area contributed by atoms with Crippen molar-refractivity contribution in [2.24, 2.45) is 5.92 Å². The number of hydrogen-bond acceptors (Lipinski definition) is 3. The highest BCUT2D eigenvalue weighted by molar-refractivity contribution is 7.89. The molecule has 1 aliphatic carbocycles. The monoisotopic (exact) mass is 311 g/mol. The van der Waals surface area contributed by atoms with Crippen LogP contribution in [-0.2, 0) is 10.0 Å². The second-order valence-electron chi connectivity index (χ2n) is 6.09. The molecule has 0 spiro atoms. The van der Waals surface area contributed by atoms with Crippen molar-refractivity contribution in [3.8, 4) is 0 Å². The summed E-state index contributed by atoms with van der Waals surface area (Å²) in [4.78, 5) is 0.304. The van der Waals surface area contributed by atoms with Gasteiger partial charge in [0.2, 0.25) is 10.0 Å². The minimum Gasteiger partial charge on any atom is -0.391 e. The quantitative estimate of drug-likeness (QED) is 0.878. The molecule has 2 N–H and O–H groups in total. The Bertz CT molecular complexity index is 577. The Kier molecular flexibility index (Phi) is 5.41. The predicted octanol–water partition coefficient (Wildman–Crippen LogP) is 2.52. The van der Waals surface area contributed by atoms with Gasteiger partial charge in [0.05, 0.1) is 11.0 Å². The summed E-state index contributed by atoms with van der Waals surface area (Å²) in [5.74, 6) is 0.222. The third-order valence-electron chi connectivity index (χ3n) is 4.31. The molecule has 5 heteroatoms. The maximum Gasteiger partial charge on any atom is 0.240 e. The number of sulfonamides is 1. The summed E-state index contributed by atoms with van der Waals surface area (Å²) in [6.07, 6.45) is 4.87. The van der Waals surface area contributed by atoms with E-state index < -0.39 is 16.1 Å². The summed E-state index contributed by atoms with van der Waals surface area (Å²) in [6.45, 7) is 3.75. The van der Waals surface area contributed by atoms with Gasteiger partial charge in [-0.15, -0.1) is 0 Å². The largest absolute Gasteiger partial charge is 0.391 e. The van der Waals surface area contributed by atoms with Gasteiger partial charge in [0.1, 0.15) is 0 Å². The summed E-state index contributed by atoms with van der Waals surface area (Å²) in [6, 6.07) is 5.37. The summed E-state index contributed by atoms with van der Waals surface area (Å²) in [5.41, 5.74) is 1.63. The lowest BCUT2D eigenvalue weighted by atomic mass is 9.85. The van der Waals surface area contributed by atoms with Crippen LogP contribution in [0.5, 0.6) is 0 Å². The number of nitrogens with one attached hydrogen (secondary N) is 1. The van der Waals surface area contributed by atoms with Gasteiger partial charge in [0.25, 0.3) is 0 Å². The molecular formula is C16H25NO3S. The van der Waals surface area contributed by atoms with E-state index in [1.54, 1.807) is 13.0 Å². The summed E-state index contributed by atoms with van der Waals surface area (Å²) >= 11 is 0. The lowest BCUT2D eigenvalue weighted by molar-refractivity contribution is 0.0888. The number of aliphatic hydroxyl groups is 1. The molecule has 1 aromatic carbocycles. The highest BCUT2D eigenvalue weighted by Crippen LogP contribution is 2.26. The molecule has 0 bridgehead atoms. The van der Waals surface area contributed by atoms with Crippen LogP contribution in [0.4, 0.5) is 0 Å². The van der Waals surface area contributed by atoms with Gasteiger partial charge in [0.15, 0.2) is 0 Å². The van der Waals surface area contributed by atoms with Crippen molar-refractivity contribution < 1.29 is 13.5 Å². The number of benzene rings is 1. The molecule has 0 radical (unpaired) electrons. The molecule has 21 heavy (non-hydrogen) atoms. The van der Waals surface area contributed by atoms with Crippen molar-refractivity contribution in [1.29, 1.82) is 0 Å². The molecule has 0 saturated heterocycles. The first-order chi connectivity index (χ1) is 9.90. The molecule has 0 heterocycles. The first-order valence-electron chi connectivity index (χ1n) is 7.65. The molecule has 0 amide bonds. The van der Waals surface area contributed by atoms with Gasteiger partial charge in [-0.25, -0.2) is 13.1 Å². The molecule has 0 unspecified atom stereocenters. The Balaban J connectivity index is 2.02. The lowest BCUT2D eigenvalue weighted by Crippen LogP contribution is -2.37. The zero-order valence-corrected chi connectivity index (χ0v) is 13.6. The van der Waals surface area contributed by atoms with E-state index in [0.717, 1.165) is 36.8 Å². The van der Waals surface area contributed by atoms with Crippen LogP contribution in [0.25, 0.3) is 0 Å². The van der Waals surface area contributed by atoms with E-state index in [2.05, 4.69) is 4.72 Å². The summed E-state index contributed by atoms with van der Waals surface area (Å²) in [5, 5.41) is 10.2. The molecule has 4 nitrogen and oxygen atoms in total. The van der Waals surface area contributed by atoms with Gasteiger partial charge in [-0.3, -0.25) is 0 Å². The van der Waals surface area contributed by atoms with Crippen molar-refractivity contribution in [2.45, 2.75) is 57.0 Å². The van der Waals surface area contributed by atoms with Crippen molar-refractivity contribution in [1.82, 2.24) is 4.72 Å². The maximum absolute atomic E-state index is 12.4. The molecule has 1 atom stereocenters. The van der Waals surface area contributed by atoms with E-state index in [1.807, 2.05) is 19.1 Å². The van der Waals surface area contributed by atoms with Crippen LogP contribution >= 0.6 is 0 Å². The highest BCUT2D eigenvalue weighted by atomic mass is 32.2. The molecule has 1 aromatic rings. The SMILES string of the molecule is Cc1ccc(C)c(S(=O)(=O)NC[C@H](O)C2CCCCC2)c1. The highest BCUT2D eigenvalue weighted by Gasteiger charge is 2.24. The minimum atomic E-state index is -3.56. The average Bonchev–Trinajstić information content (AvgIpc) is 2.48. The molecule has 1 aliphatic rings. The van der Waals surface area contributed by atoms with Gasteiger partial charge in [0, 0.05) is 6.54 Å². The van der Waals surface area contributed by atoms with Crippen LogP contribution in [0.15, 0.2) is 23.1 Å². The number of aliphatic hydroxyl groups excluding tert-OH is 1. The fraction of sp³-hybridized carbons (Fsp3) is 0.625. The van der Waals surface area contributed by atoms with E-state index in [0.29, 0.717) is 4.90 Å². The van der Waals surface area contributed by atoms with Gasteiger partial charge < -0.3 is 5.11 Å². The Hall–Kier alpha value is -0.910. The average molecular weight is 311 g/mol. The van der Waals surface area contributed by atoms with Gasteiger partial charge in [-0.2, -0.15) is 0 Å². The predicted molar refractivity (Wildman–Crippen MR) is 83.7 cm³/mol. The van der Waals surface area contributed by atoms with E-state index in [1.165, 1.54) is 6.42 Å². The molecule has 2 rings (SSSR count). The maximum atomic E-state index is 12.4. The smallest absolute Gasteiger partial charge is 0.240 e. The number of hydrogen-bond donors (Lipinski definition) is 2. The fourth-order valence-corrected chi connectivity index (χ4v) is 4.33. The normalized spacial score (nSPS) is 18.6. The molecule has 0 aliphatic heterocycles. The second-order valence-corrected chi connectivity index (χ2v) is 7.82. The summed E-state index contributed by atoms with van der Waals surface area (Å²) < 4.78 is 27.3. The Morgan fingerprint density at radius 2 is 1.90 bits per heavy atom. The molecular weight excluding hydrogens is 286 g/mol. The van der Waals surface area contributed by atoms with E-state index in [-0.39, 0.29) is 12.5 Å². The van der Waals surface area contributed by atoms with E-state index >= 15 is 0 Å². The van der Waals surface area contributed by atoms with Crippen LogP contribution in [0.2, 0.25) is 0 Å². The van der Waals surface area contributed by atoms with E-state index in [4.69, 9.17) is 0 Å². The van der Waals surface area contributed by atoms with Crippen LogP contribution in [0.1, 0.15) is 43.2 Å². The van der Waals surface area contributed by atoms with Gasteiger partial charge in [-0.1, -0.05) is 31.4 Å². The summed E-state index contributed by atoms with van der Waals surface area (Å²) in [7, 11) is -3.56. The zero-order valence-electron chi connectivity index (χ0n) is 12.8. The fourth-order valence-electron chi connectivity index (χ4n) is 2.96. The zero-order chi connectivity index (χ0) is 15.5. The first kappa shape index (κ1) is 16.5. The molecule has 1 fully saturated rings. The number of aryl methyl sites for hydroxylation is 2. The Labute approximate surface area is 127 Å². The van der Waals surface area contributed by atoms with Crippen molar-refractivity contribution in [2.75, 3.05) is 6.54 Å². The Morgan fingerprint density at radius 3 is 2.57 bits per heavy atom. The van der Waals surface area contributed by atoms with Crippen LogP contribution in [0, 0.1) is 19.8 Å².